The molecule has 1 aliphatic heterocycles. The second-order valence-electron chi connectivity index (χ2n) is 7.60. The Morgan fingerprint density at radius 3 is 2.45 bits per heavy atom. The van der Waals surface area contributed by atoms with Crippen LogP contribution in [0.25, 0.3) is 0 Å². The fraction of sp³-hybridized carbons (Fsp3) is 0.478. The van der Waals surface area contributed by atoms with E-state index in [-0.39, 0.29) is 4.90 Å². The summed E-state index contributed by atoms with van der Waals surface area (Å²) in [4.78, 5) is 2.66. The van der Waals surface area contributed by atoms with E-state index in [9.17, 15) is 8.42 Å². The molecule has 2 aromatic carbocycles. The van der Waals surface area contributed by atoms with E-state index < -0.39 is 10.0 Å². The fourth-order valence-electron chi connectivity index (χ4n) is 3.70. The molecule has 2 aromatic rings. The van der Waals surface area contributed by atoms with Gasteiger partial charge >= 0.3 is 0 Å². The third-order valence-corrected chi connectivity index (χ3v) is 6.76. The van der Waals surface area contributed by atoms with E-state index in [2.05, 4.69) is 33.9 Å². The van der Waals surface area contributed by atoms with Crippen molar-refractivity contribution in [1.82, 2.24) is 4.72 Å². The second kappa shape index (κ2) is 10.1. The minimum Gasteiger partial charge on any atom is -0.492 e. The van der Waals surface area contributed by atoms with Crippen molar-refractivity contribution in [3.05, 3.63) is 53.6 Å². The Kier molecular flexibility index (Phi) is 7.56. The van der Waals surface area contributed by atoms with Crippen molar-refractivity contribution in [2.45, 2.75) is 50.8 Å². The predicted molar refractivity (Wildman–Crippen MR) is 118 cm³/mol. The third kappa shape index (κ3) is 5.97. The molecule has 0 unspecified atom stereocenters. The van der Waals surface area contributed by atoms with E-state index in [4.69, 9.17) is 4.74 Å². The highest BCUT2D eigenvalue weighted by Gasteiger charge is 2.19. The summed E-state index contributed by atoms with van der Waals surface area (Å²) in [6, 6.07) is 13.9. The molecule has 1 N–H and O–H groups in total. The Labute approximate surface area is 175 Å². The van der Waals surface area contributed by atoms with E-state index >= 15 is 0 Å². The molecule has 0 bridgehead atoms. The summed E-state index contributed by atoms with van der Waals surface area (Å²) >= 11 is 0. The first-order chi connectivity index (χ1) is 14.0. The van der Waals surface area contributed by atoms with Crippen LogP contribution in [0.5, 0.6) is 5.75 Å². The molecule has 0 atom stereocenters. The van der Waals surface area contributed by atoms with Gasteiger partial charge < -0.3 is 9.64 Å². The molecule has 1 fully saturated rings. The molecule has 1 saturated heterocycles. The Bertz CT molecular complexity index is 889. The van der Waals surface area contributed by atoms with Gasteiger partial charge in [-0.25, -0.2) is 13.1 Å². The molecule has 1 heterocycles. The summed E-state index contributed by atoms with van der Waals surface area (Å²) in [7, 11) is -3.59. The highest BCUT2D eigenvalue weighted by atomic mass is 32.2. The number of nitrogens with zero attached hydrogens (tertiary/aromatic N) is 1. The van der Waals surface area contributed by atoms with E-state index in [0.717, 1.165) is 31.5 Å². The highest BCUT2D eigenvalue weighted by Crippen LogP contribution is 2.25. The number of hydrogen-bond donors (Lipinski definition) is 1. The molecular weight excluding hydrogens is 384 g/mol. The van der Waals surface area contributed by atoms with Gasteiger partial charge in [0.2, 0.25) is 10.0 Å². The van der Waals surface area contributed by atoms with E-state index in [1.165, 1.54) is 30.5 Å². The van der Waals surface area contributed by atoms with Crippen LogP contribution in [-0.2, 0) is 16.4 Å². The average molecular weight is 417 g/mol. The van der Waals surface area contributed by atoms with Crippen LogP contribution in [0.4, 0.5) is 5.69 Å². The lowest BCUT2D eigenvalue weighted by Crippen LogP contribution is -2.29. The summed E-state index contributed by atoms with van der Waals surface area (Å²) in [5, 5.41) is 0. The van der Waals surface area contributed by atoms with E-state index in [1.807, 2.05) is 19.9 Å². The molecular formula is C23H32N2O3S. The van der Waals surface area contributed by atoms with Crippen LogP contribution in [0, 0.1) is 6.92 Å². The molecule has 0 amide bonds. The van der Waals surface area contributed by atoms with Crippen LogP contribution >= 0.6 is 0 Å². The summed E-state index contributed by atoms with van der Waals surface area (Å²) in [5.74, 6) is 0.402. The first-order valence-corrected chi connectivity index (χ1v) is 12.0. The number of sulfonamides is 1. The molecule has 0 aliphatic carbocycles. The van der Waals surface area contributed by atoms with Crippen LogP contribution in [-0.4, -0.2) is 34.7 Å². The monoisotopic (exact) mass is 416 g/mol. The molecule has 29 heavy (non-hydrogen) atoms. The largest absolute Gasteiger partial charge is 0.492 e. The standard InChI is InChI=1S/C23H32N2O3S/c1-3-28-22-14-9-19(2)18-23(22)29(26,27)24-15-7-8-20-10-12-21(13-11-20)25-16-5-4-6-17-25/h9-14,18,24H,3-8,15-17H2,1-2H3. The average Bonchev–Trinajstić information content (AvgIpc) is 2.74. The first-order valence-electron chi connectivity index (χ1n) is 10.6. The van der Waals surface area contributed by atoms with Gasteiger partial charge in [0, 0.05) is 25.3 Å². The van der Waals surface area contributed by atoms with Gasteiger partial charge in [-0.15, -0.1) is 0 Å². The van der Waals surface area contributed by atoms with E-state index in [0.29, 0.717) is 18.9 Å². The lowest BCUT2D eigenvalue weighted by atomic mass is 10.1. The first kappa shape index (κ1) is 21.7. The molecule has 158 valence electrons. The van der Waals surface area contributed by atoms with E-state index in [1.54, 1.807) is 12.1 Å². The van der Waals surface area contributed by atoms with Crippen molar-refractivity contribution < 1.29 is 13.2 Å². The SMILES string of the molecule is CCOc1ccc(C)cc1S(=O)(=O)NCCCc1ccc(N2CCCCC2)cc1. The number of hydrogen-bond acceptors (Lipinski definition) is 4. The third-order valence-electron chi connectivity index (χ3n) is 5.28. The summed E-state index contributed by atoms with van der Waals surface area (Å²) in [5.41, 5.74) is 3.41. The second-order valence-corrected chi connectivity index (χ2v) is 9.33. The Morgan fingerprint density at radius 1 is 1.03 bits per heavy atom. The molecule has 0 saturated carbocycles. The summed E-state index contributed by atoms with van der Waals surface area (Å²) in [6.45, 7) is 6.84. The molecule has 0 aromatic heterocycles. The van der Waals surface area contributed by atoms with Crippen molar-refractivity contribution >= 4 is 15.7 Å². The molecule has 6 heteroatoms. The molecule has 1 aliphatic rings. The Hall–Kier alpha value is -2.05. The van der Waals surface area contributed by atoms with Gasteiger partial charge in [0.1, 0.15) is 10.6 Å². The Balaban J connectivity index is 1.52. The van der Waals surface area contributed by atoms with Crippen molar-refractivity contribution in [2.75, 3.05) is 31.1 Å². The lowest BCUT2D eigenvalue weighted by molar-refractivity contribution is 0.331. The molecule has 3 rings (SSSR count). The maximum Gasteiger partial charge on any atom is 0.244 e. The van der Waals surface area contributed by atoms with Crippen LogP contribution < -0.4 is 14.4 Å². The summed E-state index contributed by atoms with van der Waals surface area (Å²) < 4.78 is 33.6. The molecule has 5 nitrogen and oxygen atoms in total. The van der Waals surface area contributed by atoms with Gasteiger partial charge in [0.25, 0.3) is 0 Å². The number of ether oxygens (including phenoxy) is 1. The zero-order valence-corrected chi connectivity index (χ0v) is 18.3. The number of anilines is 1. The van der Waals surface area contributed by atoms with Gasteiger partial charge in [-0.2, -0.15) is 0 Å². The van der Waals surface area contributed by atoms with Gasteiger partial charge in [-0.3, -0.25) is 0 Å². The zero-order valence-electron chi connectivity index (χ0n) is 17.5. The van der Waals surface area contributed by atoms with Crippen molar-refractivity contribution in [2.24, 2.45) is 0 Å². The highest BCUT2D eigenvalue weighted by molar-refractivity contribution is 7.89. The normalized spacial score (nSPS) is 14.8. The number of nitrogens with one attached hydrogen (secondary N) is 1. The van der Waals surface area contributed by atoms with Gasteiger partial charge in [-0.05, 0) is 81.3 Å². The van der Waals surface area contributed by atoms with Gasteiger partial charge in [0.15, 0.2) is 0 Å². The maximum atomic E-state index is 12.7. The maximum absolute atomic E-state index is 12.7. The molecule has 0 spiro atoms. The minimum absolute atomic E-state index is 0.213. The van der Waals surface area contributed by atoms with Crippen LogP contribution in [0.3, 0.4) is 0 Å². The summed E-state index contributed by atoms with van der Waals surface area (Å²) in [6.07, 6.45) is 5.47. The topological polar surface area (TPSA) is 58.6 Å². The van der Waals surface area contributed by atoms with Crippen LogP contribution in [0.2, 0.25) is 0 Å². The number of benzene rings is 2. The van der Waals surface area contributed by atoms with Gasteiger partial charge in [0.05, 0.1) is 6.61 Å². The molecule has 0 radical (unpaired) electrons. The van der Waals surface area contributed by atoms with Crippen molar-refractivity contribution in [1.29, 1.82) is 0 Å². The number of aryl methyl sites for hydroxylation is 2. The number of piperidine rings is 1. The minimum atomic E-state index is -3.59. The Morgan fingerprint density at radius 2 is 1.76 bits per heavy atom. The van der Waals surface area contributed by atoms with Crippen LogP contribution in [0.15, 0.2) is 47.4 Å². The van der Waals surface area contributed by atoms with Gasteiger partial charge in [-0.1, -0.05) is 18.2 Å². The fourth-order valence-corrected chi connectivity index (χ4v) is 5.00. The van der Waals surface area contributed by atoms with Crippen molar-refractivity contribution in [3.8, 4) is 5.75 Å². The quantitative estimate of drug-likeness (QED) is 0.620. The number of rotatable bonds is 9. The predicted octanol–water partition coefficient (Wildman–Crippen LogP) is 4.30. The zero-order chi connectivity index (χ0) is 20.7. The lowest BCUT2D eigenvalue weighted by Gasteiger charge is -2.28. The smallest absolute Gasteiger partial charge is 0.244 e. The van der Waals surface area contributed by atoms with Crippen LogP contribution in [0.1, 0.15) is 43.7 Å². The van der Waals surface area contributed by atoms with Crippen molar-refractivity contribution in [3.63, 3.8) is 0 Å².